The van der Waals surface area contributed by atoms with Crippen molar-refractivity contribution in [3.63, 3.8) is 0 Å². The van der Waals surface area contributed by atoms with Crippen LogP contribution in [0.1, 0.15) is 41.3 Å². The second-order valence-electron chi connectivity index (χ2n) is 5.00. The lowest BCUT2D eigenvalue weighted by molar-refractivity contribution is 0.0785. The summed E-state index contributed by atoms with van der Waals surface area (Å²) >= 11 is 0. The molecule has 0 unspecified atom stereocenters. The average molecular weight is 257 g/mol. The fourth-order valence-corrected chi connectivity index (χ4v) is 2.16. The van der Waals surface area contributed by atoms with E-state index in [1.54, 1.807) is 17.3 Å². The highest BCUT2D eigenvalue weighted by Crippen LogP contribution is 2.20. The average Bonchev–Trinajstić information content (AvgIpc) is 2.92. The molecule has 2 aromatic rings. The van der Waals surface area contributed by atoms with E-state index >= 15 is 0 Å². The maximum absolute atomic E-state index is 12.2. The summed E-state index contributed by atoms with van der Waals surface area (Å²) in [6.45, 7) is 4.94. The van der Waals surface area contributed by atoms with E-state index in [0.717, 1.165) is 0 Å². The molecule has 1 heterocycles. The molecule has 0 atom stereocenters. The van der Waals surface area contributed by atoms with Crippen molar-refractivity contribution < 1.29 is 4.79 Å². The van der Waals surface area contributed by atoms with Crippen LogP contribution >= 0.6 is 0 Å². The Morgan fingerprint density at radius 3 is 2.74 bits per heavy atom. The predicted molar refractivity (Wildman–Crippen MR) is 74.9 cm³/mol. The second-order valence-corrected chi connectivity index (χ2v) is 5.00. The third-order valence-corrected chi connectivity index (χ3v) is 3.18. The fourth-order valence-electron chi connectivity index (χ4n) is 2.16. The van der Waals surface area contributed by atoms with Crippen LogP contribution in [0.25, 0.3) is 0 Å². The standard InChI is InChI=1S/C15H19N3O/c1-11(2)14-7-5-4-6-12(14)10-18(3)15(19)13-8-16-17-9-13/h4-9,11H,10H2,1-3H3,(H,16,17). The van der Waals surface area contributed by atoms with E-state index in [-0.39, 0.29) is 5.91 Å². The van der Waals surface area contributed by atoms with Gasteiger partial charge in [-0.3, -0.25) is 9.89 Å². The van der Waals surface area contributed by atoms with E-state index in [0.29, 0.717) is 18.0 Å². The van der Waals surface area contributed by atoms with Crippen molar-refractivity contribution in [3.05, 3.63) is 53.3 Å². The normalized spacial score (nSPS) is 10.7. The van der Waals surface area contributed by atoms with Crippen LogP contribution in [0.2, 0.25) is 0 Å². The van der Waals surface area contributed by atoms with Crippen LogP contribution in [-0.4, -0.2) is 28.1 Å². The van der Waals surface area contributed by atoms with Gasteiger partial charge in [0, 0.05) is 19.8 Å². The Kier molecular flexibility index (Phi) is 4.00. The van der Waals surface area contributed by atoms with Crippen molar-refractivity contribution in [2.45, 2.75) is 26.3 Å². The van der Waals surface area contributed by atoms with Crippen LogP contribution < -0.4 is 0 Å². The predicted octanol–water partition coefficient (Wildman–Crippen LogP) is 2.81. The first kappa shape index (κ1) is 13.3. The minimum atomic E-state index is -0.0210. The summed E-state index contributed by atoms with van der Waals surface area (Å²) in [5, 5.41) is 6.47. The first-order chi connectivity index (χ1) is 9.09. The van der Waals surface area contributed by atoms with Crippen LogP contribution in [0, 0.1) is 0 Å². The summed E-state index contributed by atoms with van der Waals surface area (Å²) < 4.78 is 0. The fraction of sp³-hybridized carbons (Fsp3) is 0.333. The topological polar surface area (TPSA) is 49.0 Å². The molecule has 4 heteroatoms. The molecular weight excluding hydrogens is 238 g/mol. The molecule has 1 aromatic heterocycles. The zero-order valence-electron chi connectivity index (χ0n) is 11.6. The molecule has 0 spiro atoms. The summed E-state index contributed by atoms with van der Waals surface area (Å²) in [5.41, 5.74) is 3.07. The highest BCUT2D eigenvalue weighted by Gasteiger charge is 2.15. The maximum atomic E-state index is 12.2. The van der Waals surface area contributed by atoms with E-state index in [1.807, 2.05) is 19.2 Å². The largest absolute Gasteiger partial charge is 0.337 e. The number of amides is 1. The van der Waals surface area contributed by atoms with Gasteiger partial charge >= 0.3 is 0 Å². The molecule has 1 N–H and O–H groups in total. The molecule has 1 amide bonds. The van der Waals surface area contributed by atoms with Gasteiger partial charge in [0.25, 0.3) is 5.91 Å². The minimum absolute atomic E-state index is 0.0210. The maximum Gasteiger partial charge on any atom is 0.257 e. The molecule has 0 saturated carbocycles. The molecule has 0 bridgehead atoms. The van der Waals surface area contributed by atoms with Gasteiger partial charge in [-0.25, -0.2) is 0 Å². The Hall–Kier alpha value is -2.10. The monoisotopic (exact) mass is 257 g/mol. The van der Waals surface area contributed by atoms with Crippen LogP contribution in [0.5, 0.6) is 0 Å². The van der Waals surface area contributed by atoms with Crippen molar-refractivity contribution >= 4 is 5.91 Å². The zero-order valence-corrected chi connectivity index (χ0v) is 11.6. The number of benzene rings is 1. The molecule has 0 aliphatic carbocycles. The van der Waals surface area contributed by atoms with Crippen molar-refractivity contribution in [3.8, 4) is 0 Å². The molecular formula is C15H19N3O. The van der Waals surface area contributed by atoms with Crippen molar-refractivity contribution in [2.24, 2.45) is 0 Å². The summed E-state index contributed by atoms with van der Waals surface area (Å²) in [7, 11) is 1.81. The lowest BCUT2D eigenvalue weighted by Crippen LogP contribution is -2.26. The highest BCUT2D eigenvalue weighted by molar-refractivity contribution is 5.93. The summed E-state index contributed by atoms with van der Waals surface area (Å²) in [6.07, 6.45) is 3.17. The molecule has 4 nitrogen and oxygen atoms in total. The van der Waals surface area contributed by atoms with E-state index < -0.39 is 0 Å². The highest BCUT2D eigenvalue weighted by atomic mass is 16.2. The lowest BCUT2D eigenvalue weighted by Gasteiger charge is -2.20. The summed E-state index contributed by atoms with van der Waals surface area (Å²) in [6, 6.07) is 8.25. The van der Waals surface area contributed by atoms with E-state index in [1.165, 1.54) is 11.1 Å². The number of hydrogen-bond donors (Lipinski definition) is 1. The Morgan fingerprint density at radius 2 is 2.11 bits per heavy atom. The number of carbonyl (C=O) groups excluding carboxylic acids is 1. The molecule has 0 saturated heterocycles. The molecule has 2 rings (SSSR count). The first-order valence-corrected chi connectivity index (χ1v) is 6.41. The van der Waals surface area contributed by atoms with Gasteiger partial charge in [0.15, 0.2) is 0 Å². The zero-order chi connectivity index (χ0) is 13.8. The molecule has 0 aliphatic rings. The Balaban J connectivity index is 2.15. The number of carbonyl (C=O) groups is 1. The molecule has 0 aliphatic heterocycles. The van der Waals surface area contributed by atoms with Gasteiger partial charge in [0.2, 0.25) is 0 Å². The lowest BCUT2D eigenvalue weighted by atomic mass is 9.97. The van der Waals surface area contributed by atoms with Gasteiger partial charge in [-0.15, -0.1) is 0 Å². The number of H-pyrrole nitrogens is 1. The van der Waals surface area contributed by atoms with Gasteiger partial charge in [-0.05, 0) is 17.0 Å². The van der Waals surface area contributed by atoms with E-state index in [9.17, 15) is 4.79 Å². The molecule has 1 aromatic carbocycles. The quantitative estimate of drug-likeness (QED) is 0.915. The summed E-state index contributed by atoms with van der Waals surface area (Å²) in [4.78, 5) is 13.9. The Labute approximate surface area is 113 Å². The smallest absolute Gasteiger partial charge is 0.257 e. The van der Waals surface area contributed by atoms with Crippen LogP contribution in [-0.2, 0) is 6.54 Å². The second kappa shape index (κ2) is 5.69. The molecule has 100 valence electrons. The van der Waals surface area contributed by atoms with Crippen LogP contribution in [0.3, 0.4) is 0 Å². The van der Waals surface area contributed by atoms with Crippen LogP contribution in [0.15, 0.2) is 36.7 Å². The van der Waals surface area contributed by atoms with Gasteiger partial charge in [-0.1, -0.05) is 38.1 Å². The van der Waals surface area contributed by atoms with Crippen molar-refractivity contribution in [1.29, 1.82) is 0 Å². The van der Waals surface area contributed by atoms with Crippen molar-refractivity contribution in [1.82, 2.24) is 15.1 Å². The number of hydrogen-bond acceptors (Lipinski definition) is 2. The van der Waals surface area contributed by atoms with Crippen molar-refractivity contribution in [2.75, 3.05) is 7.05 Å². The van der Waals surface area contributed by atoms with Gasteiger partial charge in [-0.2, -0.15) is 5.10 Å². The molecule has 0 radical (unpaired) electrons. The Morgan fingerprint density at radius 1 is 1.37 bits per heavy atom. The number of aromatic amines is 1. The molecule has 19 heavy (non-hydrogen) atoms. The third-order valence-electron chi connectivity index (χ3n) is 3.18. The van der Waals surface area contributed by atoms with Gasteiger partial charge < -0.3 is 4.90 Å². The van der Waals surface area contributed by atoms with Gasteiger partial charge in [0.05, 0.1) is 11.8 Å². The third kappa shape index (κ3) is 3.02. The minimum Gasteiger partial charge on any atom is -0.337 e. The first-order valence-electron chi connectivity index (χ1n) is 6.41. The van der Waals surface area contributed by atoms with E-state index in [4.69, 9.17) is 0 Å². The number of rotatable bonds is 4. The molecule has 0 fully saturated rings. The summed E-state index contributed by atoms with van der Waals surface area (Å²) in [5.74, 6) is 0.431. The Bertz CT molecular complexity index is 546. The van der Waals surface area contributed by atoms with E-state index in [2.05, 4.69) is 36.2 Å². The number of nitrogens with one attached hydrogen (secondary N) is 1. The number of aromatic nitrogens is 2. The SMILES string of the molecule is CC(C)c1ccccc1CN(C)C(=O)c1cn[nH]c1. The number of nitrogens with zero attached hydrogens (tertiary/aromatic N) is 2. The van der Waals surface area contributed by atoms with Gasteiger partial charge in [0.1, 0.15) is 0 Å². The van der Waals surface area contributed by atoms with Crippen LogP contribution in [0.4, 0.5) is 0 Å².